The molecule has 0 aliphatic heterocycles. The second kappa shape index (κ2) is 6.12. The van der Waals surface area contributed by atoms with Crippen molar-refractivity contribution in [1.29, 1.82) is 5.26 Å². The van der Waals surface area contributed by atoms with Gasteiger partial charge in [-0.15, -0.1) is 0 Å². The first-order valence-corrected chi connectivity index (χ1v) is 6.39. The molecule has 0 saturated heterocycles. The van der Waals surface area contributed by atoms with Crippen molar-refractivity contribution in [2.45, 2.75) is 13.3 Å². The topological polar surface area (TPSA) is 42.2 Å². The van der Waals surface area contributed by atoms with Crippen LogP contribution in [-0.4, -0.2) is 14.2 Å². The molecule has 102 valence electrons. The van der Waals surface area contributed by atoms with Gasteiger partial charge in [0.25, 0.3) is 0 Å². The Bertz CT molecular complexity index is 657. The molecule has 2 aromatic carbocycles. The first-order chi connectivity index (χ1) is 9.71. The maximum atomic E-state index is 8.79. The summed E-state index contributed by atoms with van der Waals surface area (Å²) >= 11 is 0. The van der Waals surface area contributed by atoms with E-state index in [1.54, 1.807) is 14.2 Å². The van der Waals surface area contributed by atoms with Gasteiger partial charge in [-0.05, 0) is 29.7 Å². The number of para-hydroxylation sites is 1. The summed E-state index contributed by atoms with van der Waals surface area (Å²) in [4.78, 5) is 0. The molecule has 0 aliphatic carbocycles. The summed E-state index contributed by atoms with van der Waals surface area (Å²) in [6.07, 6.45) is 0.432. The average molecular weight is 267 g/mol. The molecule has 0 fully saturated rings. The predicted octanol–water partition coefficient (Wildman–Crippen LogP) is 3.75. The van der Waals surface area contributed by atoms with Crippen LogP contribution in [0.25, 0.3) is 11.1 Å². The van der Waals surface area contributed by atoms with Crippen molar-refractivity contribution < 1.29 is 9.47 Å². The Morgan fingerprint density at radius 1 is 1.10 bits per heavy atom. The van der Waals surface area contributed by atoms with Crippen molar-refractivity contribution in [2.75, 3.05) is 14.2 Å². The maximum absolute atomic E-state index is 8.79. The lowest BCUT2D eigenvalue weighted by atomic mass is 9.98. The first-order valence-electron chi connectivity index (χ1n) is 6.39. The quantitative estimate of drug-likeness (QED) is 0.847. The molecule has 0 unspecified atom stereocenters. The van der Waals surface area contributed by atoms with Crippen LogP contribution in [0, 0.1) is 18.3 Å². The molecule has 3 nitrogen and oxygen atoms in total. The van der Waals surface area contributed by atoms with Gasteiger partial charge in [0.05, 0.1) is 26.7 Å². The summed E-state index contributed by atoms with van der Waals surface area (Å²) in [5, 5.41) is 8.79. The SMILES string of the molecule is COc1cccc(-c2ccc(CC#N)c(C)c2)c1OC. The number of rotatable bonds is 4. The van der Waals surface area contributed by atoms with E-state index in [1.807, 2.05) is 37.3 Å². The van der Waals surface area contributed by atoms with Crippen molar-refractivity contribution in [3.63, 3.8) is 0 Å². The van der Waals surface area contributed by atoms with Gasteiger partial charge in [0, 0.05) is 5.56 Å². The molecule has 0 amide bonds. The molecule has 0 aromatic heterocycles. The minimum Gasteiger partial charge on any atom is -0.493 e. The lowest BCUT2D eigenvalue weighted by molar-refractivity contribution is 0.356. The standard InChI is InChI=1S/C17H17NO2/c1-12-11-14(8-7-13(12)9-10-18)15-5-4-6-16(19-2)17(15)20-3/h4-8,11H,9H2,1-3H3. The molecular weight excluding hydrogens is 250 g/mol. The lowest BCUT2D eigenvalue weighted by Crippen LogP contribution is -1.94. The molecule has 20 heavy (non-hydrogen) atoms. The zero-order valence-corrected chi connectivity index (χ0v) is 11.9. The summed E-state index contributed by atoms with van der Waals surface area (Å²) in [5.41, 5.74) is 4.20. The third-order valence-corrected chi connectivity index (χ3v) is 3.33. The van der Waals surface area contributed by atoms with E-state index in [-0.39, 0.29) is 0 Å². The molecule has 2 aromatic rings. The van der Waals surface area contributed by atoms with E-state index in [0.29, 0.717) is 12.2 Å². The van der Waals surface area contributed by atoms with Crippen molar-refractivity contribution in [1.82, 2.24) is 0 Å². The Morgan fingerprint density at radius 3 is 2.50 bits per heavy atom. The number of aryl methyl sites for hydroxylation is 1. The fourth-order valence-corrected chi connectivity index (χ4v) is 2.26. The van der Waals surface area contributed by atoms with Gasteiger partial charge in [-0.25, -0.2) is 0 Å². The van der Waals surface area contributed by atoms with Gasteiger partial charge in [-0.2, -0.15) is 5.26 Å². The minimum absolute atomic E-state index is 0.432. The molecule has 0 heterocycles. The van der Waals surface area contributed by atoms with E-state index in [0.717, 1.165) is 28.0 Å². The Hall–Kier alpha value is -2.47. The second-order valence-corrected chi connectivity index (χ2v) is 4.52. The maximum Gasteiger partial charge on any atom is 0.168 e. The van der Waals surface area contributed by atoms with Crippen LogP contribution in [-0.2, 0) is 6.42 Å². The predicted molar refractivity (Wildman–Crippen MR) is 79.0 cm³/mol. The monoisotopic (exact) mass is 267 g/mol. The smallest absolute Gasteiger partial charge is 0.168 e. The Kier molecular flexibility index (Phi) is 4.27. The molecule has 0 N–H and O–H groups in total. The molecule has 0 atom stereocenters. The molecule has 2 rings (SSSR count). The van der Waals surface area contributed by atoms with Crippen LogP contribution < -0.4 is 9.47 Å². The van der Waals surface area contributed by atoms with Crippen LogP contribution in [0.4, 0.5) is 0 Å². The summed E-state index contributed by atoms with van der Waals surface area (Å²) in [7, 11) is 3.27. The number of hydrogen-bond acceptors (Lipinski definition) is 3. The normalized spacial score (nSPS) is 9.90. The molecule has 0 aliphatic rings. The third-order valence-electron chi connectivity index (χ3n) is 3.33. The Morgan fingerprint density at radius 2 is 1.90 bits per heavy atom. The fourth-order valence-electron chi connectivity index (χ4n) is 2.26. The molecule has 0 spiro atoms. The first kappa shape index (κ1) is 14.0. The molecule has 0 radical (unpaired) electrons. The zero-order chi connectivity index (χ0) is 14.5. The Labute approximate surface area is 119 Å². The minimum atomic E-state index is 0.432. The number of ether oxygens (including phenoxy) is 2. The van der Waals surface area contributed by atoms with Crippen molar-refractivity contribution >= 4 is 0 Å². The highest BCUT2D eigenvalue weighted by Gasteiger charge is 2.12. The van der Waals surface area contributed by atoms with Crippen LogP contribution in [0.2, 0.25) is 0 Å². The van der Waals surface area contributed by atoms with E-state index in [4.69, 9.17) is 14.7 Å². The zero-order valence-electron chi connectivity index (χ0n) is 11.9. The van der Waals surface area contributed by atoms with Crippen molar-refractivity contribution in [3.8, 4) is 28.7 Å². The van der Waals surface area contributed by atoms with E-state index >= 15 is 0 Å². The fraction of sp³-hybridized carbons (Fsp3) is 0.235. The largest absolute Gasteiger partial charge is 0.493 e. The molecular formula is C17H17NO2. The van der Waals surface area contributed by atoms with Crippen LogP contribution in [0.1, 0.15) is 11.1 Å². The highest BCUT2D eigenvalue weighted by Crippen LogP contribution is 2.38. The van der Waals surface area contributed by atoms with Crippen LogP contribution >= 0.6 is 0 Å². The van der Waals surface area contributed by atoms with Gasteiger partial charge in [0.15, 0.2) is 11.5 Å². The van der Waals surface area contributed by atoms with Crippen molar-refractivity contribution in [2.24, 2.45) is 0 Å². The van der Waals surface area contributed by atoms with Crippen LogP contribution in [0.3, 0.4) is 0 Å². The third kappa shape index (κ3) is 2.60. The van der Waals surface area contributed by atoms with Crippen molar-refractivity contribution in [3.05, 3.63) is 47.5 Å². The van der Waals surface area contributed by atoms with Gasteiger partial charge >= 0.3 is 0 Å². The highest BCUT2D eigenvalue weighted by molar-refractivity contribution is 5.74. The lowest BCUT2D eigenvalue weighted by Gasteiger charge is -2.13. The van der Waals surface area contributed by atoms with E-state index in [9.17, 15) is 0 Å². The van der Waals surface area contributed by atoms with E-state index < -0.39 is 0 Å². The summed E-state index contributed by atoms with van der Waals surface area (Å²) in [5.74, 6) is 1.44. The van der Waals surface area contributed by atoms with Gasteiger partial charge in [-0.3, -0.25) is 0 Å². The molecule has 0 bridgehead atoms. The number of nitrogens with zero attached hydrogens (tertiary/aromatic N) is 1. The molecule has 3 heteroatoms. The van der Waals surface area contributed by atoms with Crippen LogP contribution in [0.5, 0.6) is 11.5 Å². The van der Waals surface area contributed by atoms with Gasteiger partial charge in [0.2, 0.25) is 0 Å². The van der Waals surface area contributed by atoms with Gasteiger partial charge < -0.3 is 9.47 Å². The van der Waals surface area contributed by atoms with E-state index in [1.165, 1.54) is 0 Å². The second-order valence-electron chi connectivity index (χ2n) is 4.52. The average Bonchev–Trinajstić information content (AvgIpc) is 2.48. The molecule has 0 saturated carbocycles. The number of nitriles is 1. The summed E-state index contributed by atoms with van der Waals surface area (Å²) < 4.78 is 10.8. The van der Waals surface area contributed by atoms with Crippen LogP contribution in [0.15, 0.2) is 36.4 Å². The summed E-state index contributed by atoms with van der Waals surface area (Å²) in [6.45, 7) is 2.02. The van der Waals surface area contributed by atoms with Gasteiger partial charge in [-0.1, -0.05) is 30.3 Å². The number of benzene rings is 2. The van der Waals surface area contributed by atoms with E-state index in [2.05, 4.69) is 12.1 Å². The number of methoxy groups -OCH3 is 2. The number of hydrogen-bond donors (Lipinski definition) is 0. The van der Waals surface area contributed by atoms with Gasteiger partial charge in [0.1, 0.15) is 0 Å². The highest BCUT2D eigenvalue weighted by atomic mass is 16.5. The Balaban J connectivity index is 2.52. The summed E-state index contributed by atoms with van der Waals surface area (Å²) in [6, 6.07) is 14.1.